The van der Waals surface area contributed by atoms with Crippen molar-refractivity contribution in [2.45, 2.75) is 18.7 Å². The van der Waals surface area contributed by atoms with E-state index in [2.05, 4.69) is 0 Å². The molecule has 0 spiro atoms. The highest BCUT2D eigenvalue weighted by Gasteiger charge is 2.07. The zero-order valence-corrected chi connectivity index (χ0v) is 10.9. The maximum atomic E-state index is 13.1. The maximum Gasteiger partial charge on any atom is 0.147 e. The van der Waals surface area contributed by atoms with Crippen molar-refractivity contribution in [2.24, 2.45) is 5.92 Å². The van der Waals surface area contributed by atoms with Crippen molar-refractivity contribution in [3.05, 3.63) is 24.0 Å². The number of benzene rings is 1. The van der Waals surface area contributed by atoms with E-state index < -0.39 is 16.6 Å². The summed E-state index contributed by atoms with van der Waals surface area (Å²) in [7, 11) is -1.24. The normalized spacial score (nSPS) is 12.9. The van der Waals surface area contributed by atoms with Gasteiger partial charge in [-0.25, -0.2) is 4.39 Å². The van der Waals surface area contributed by atoms with Crippen molar-refractivity contribution in [2.75, 3.05) is 24.7 Å². The van der Waals surface area contributed by atoms with Crippen LogP contribution in [-0.2, 0) is 15.5 Å². The first-order valence-electron chi connectivity index (χ1n) is 5.52. The fraction of sp³-hybridized carbons (Fsp3) is 0.500. The number of nitrogen functional groups attached to an aromatic ring is 1. The van der Waals surface area contributed by atoms with E-state index >= 15 is 0 Å². The van der Waals surface area contributed by atoms with Crippen molar-refractivity contribution >= 4 is 16.5 Å². The molecule has 1 aromatic carbocycles. The Morgan fingerprint density at radius 3 is 2.76 bits per heavy atom. The van der Waals surface area contributed by atoms with Crippen molar-refractivity contribution in [1.29, 1.82) is 0 Å². The van der Waals surface area contributed by atoms with Gasteiger partial charge in [-0.2, -0.15) is 0 Å². The molecule has 0 aromatic heterocycles. The minimum Gasteiger partial charge on any atom is -0.396 e. The molecule has 5 heteroatoms. The van der Waals surface area contributed by atoms with E-state index in [0.29, 0.717) is 29.8 Å². The molecule has 0 bridgehead atoms. The lowest BCUT2D eigenvalue weighted by atomic mass is 10.2. The number of hydrogen-bond donors (Lipinski definition) is 1. The predicted octanol–water partition coefficient (Wildman–Crippen LogP) is 2.19. The lowest BCUT2D eigenvalue weighted by Crippen LogP contribution is -2.10. The Balaban J connectivity index is 2.44. The van der Waals surface area contributed by atoms with Gasteiger partial charge in [-0.15, -0.1) is 0 Å². The number of rotatable bonds is 6. The molecule has 0 aliphatic carbocycles. The molecule has 1 unspecified atom stereocenters. The van der Waals surface area contributed by atoms with Crippen LogP contribution in [-0.4, -0.2) is 23.2 Å². The van der Waals surface area contributed by atoms with E-state index in [0.717, 1.165) is 0 Å². The second-order valence-corrected chi connectivity index (χ2v) is 5.77. The van der Waals surface area contributed by atoms with Crippen molar-refractivity contribution in [3.63, 3.8) is 0 Å². The summed E-state index contributed by atoms with van der Waals surface area (Å²) in [6.07, 6.45) is 0. The third-order valence-electron chi connectivity index (χ3n) is 2.10. The Hall–Kier alpha value is -0.940. The Kier molecular flexibility index (Phi) is 5.58. The van der Waals surface area contributed by atoms with Crippen LogP contribution in [0.5, 0.6) is 0 Å². The molecule has 1 aromatic rings. The highest BCUT2D eigenvalue weighted by atomic mass is 32.2. The number of nitrogens with two attached hydrogens (primary N) is 1. The van der Waals surface area contributed by atoms with Crippen molar-refractivity contribution in [1.82, 2.24) is 0 Å². The van der Waals surface area contributed by atoms with E-state index in [9.17, 15) is 8.60 Å². The highest BCUT2D eigenvalue weighted by molar-refractivity contribution is 7.85. The topological polar surface area (TPSA) is 52.3 Å². The zero-order valence-electron chi connectivity index (χ0n) is 10.1. The van der Waals surface area contributed by atoms with Gasteiger partial charge in [0.1, 0.15) is 5.82 Å². The largest absolute Gasteiger partial charge is 0.396 e. The molecule has 3 nitrogen and oxygen atoms in total. The molecule has 0 aliphatic heterocycles. The first-order valence-corrected chi connectivity index (χ1v) is 6.83. The van der Waals surface area contributed by atoms with Crippen LogP contribution < -0.4 is 5.73 Å². The van der Waals surface area contributed by atoms with E-state index in [1.807, 2.05) is 13.8 Å². The van der Waals surface area contributed by atoms with Crippen LogP contribution in [0.1, 0.15) is 13.8 Å². The fourth-order valence-electron chi connectivity index (χ4n) is 1.22. The molecule has 0 aliphatic rings. The third-order valence-corrected chi connectivity index (χ3v) is 3.42. The van der Waals surface area contributed by atoms with E-state index in [1.165, 1.54) is 12.1 Å². The zero-order chi connectivity index (χ0) is 12.8. The van der Waals surface area contributed by atoms with Gasteiger partial charge in [-0.1, -0.05) is 13.8 Å². The molecule has 0 saturated carbocycles. The van der Waals surface area contributed by atoms with Crippen LogP contribution in [0, 0.1) is 11.7 Å². The maximum absolute atomic E-state index is 13.1. The monoisotopic (exact) mass is 259 g/mol. The molecular formula is C12H18FNO2S. The molecule has 1 rings (SSSR count). The van der Waals surface area contributed by atoms with Crippen LogP contribution in [0.4, 0.5) is 10.1 Å². The van der Waals surface area contributed by atoms with Gasteiger partial charge in [0.15, 0.2) is 0 Å². The minimum absolute atomic E-state index is 0.0711. The lowest BCUT2D eigenvalue weighted by molar-refractivity contribution is 0.123. The summed E-state index contributed by atoms with van der Waals surface area (Å²) in [5, 5.41) is 0. The molecule has 0 fully saturated rings. The standard InChI is InChI=1S/C12H18FNO2S/c1-9(2)8-16-5-6-17(15)10-3-4-12(14)11(13)7-10/h3-4,7,9H,5-6,8,14H2,1-2H3. The quantitative estimate of drug-likeness (QED) is 0.629. The molecule has 96 valence electrons. The van der Waals surface area contributed by atoms with Gasteiger partial charge in [0.25, 0.3) is 0 Å². The number of hydrogen-bond acceptors (Lipinski definition) is 3. The summed E-state index contributed by atoms with van der Waals surface area (Å²) in [5.74, 6) is 0.298. The Morgan fingerprint density at radius 2 is 2.18 bits per heavy atom. The Labute approximate surface area is 104 Å². The lowest BCUT2D eigenvalue weighted by Gasteiger charge is -2.07. The summed E-state index contributed by atoms with van der Waals surface area (Å²) < 4.78 is 30.2. The first-order chi connectivity index (χ1) is 8.00. The summed E-state index contributed by atoms with van der Waals surface area (Å²) in [5.41, 5.74) is 5.42. The van der Waals surface area contributed by atoms with Crippen LogP contribution in [0.2, 0.25) is 0 Å². The summed E-state index contributed by atoms with van der Waals surface area (Å²) in [6.45, 7) is 5.16. The van der Waals surface area contributed by atoms with Gasteiger partial charge in [-0.05, 0) is 24.1 Å². The van der Waals surface area contributed by atoms with E-state index in [-0.39, 0.29) is 5.69 Å². The molecule has 0 radical (unpaired) electrons. The van der Waals surface area contributed by atoms with Crippen LogP contribution in [0.15, 0.2) is 23.1 Å². The number of anilines is 1. The molecule has 0 amide bonds. The van der Waals surface area contributed by atoms with Crippen LogP contribution in [0.25, 0.3) is 0 Å². The highest BCUT2D eigenvalue weighted by Crippen LogP contribution is 2.15. The SMILES string of the molecule is CC(C)COCCS(=O)c1ccc(N)c(F)c1. The van der Waals surface area contributed by atoms with Gasteiger partial charge >= 0.3 is 0 Å². The van der Waals surface area contributed by atoms with Crippen LogP contribution in [0.3, 0.4) is 0 Å². The van der Waals surface area contributed by atoms with E-state index in [1.54, 1.807) is 6.07 Å². The fourth-order valence-corrected chi connectivity index (χ4v) is 2.18. The van der Waals surface area contributed by atoms with Gasteiger partial charge in [0, 0.05) is 11.5 Å². The number of halogens is 1. The van der Waals surface area contributed by atoms with E-state index in [4.69, 9.17) is 10.5 Å². The predicted molar refractivity (Wildman–Crippen MR) is 67.7 cm³/mol. The van der Waals surface area contributed by atoms with Gasteiger partial charge < -0.3 is 10.5 Å². The molecule has 1 atom stereocenters. The summed E-state index contributed by atoms with van der Waals surface area (Å²) in [6, 6.07) is 4.22. The Bertz CT molecular complexity index is 396. The first kappa shape index (κ1) is 14.1. The average molecular weight is 259 g/mol. The van der Waals surface area contributed by atoms with Gasteiger partial charge in [0.05, 0.1) is 28.8 Å². The number of ether oxygens (including phenoxy) is 1. The minimum atomic E-state index is -1.24. The molecule has 17 heavy (non-hydrogen) atoms. The molecule has 0 heterocycles. The second-order valence-electron chi connectivity index (χ2n) is 4.20. The summed E-state index contributed by atoms with van der Waals surface area (Å²) >= 11 is 0. The van der Waals surface area contributed by atoms with Crippen molar-refractivity contribution in [3.8, 4) is 0 Å². The molecular weight excluding hydrogens is 241 g/mol. The molecule has 0 saturated heterocycles. The van der Waals surface area contributed by atoms with Crippen LogP contribution >= 0.6 is 0 Å². The van der Waals surface area contributed by atoms with Gasteiger partial charge in [-0.3, -0.25) is 4.21 Å². The average Bonchev–Trinajstić information content (AvgIpc) is 2.27. The van der Waals surface area contributed by atoms with Crippen molar-refractivity contribution < 1.29 is 13.3 Å². The third kappa shape index (κ3) is 4.83. The summed E-state index contributed by atoms with van der Waals surface area (Å²) in [4.78, 5) is 0.449. The smallest absolute Gasteiger partial charge is 0.147 e. The Morgan fingerprint density at radius 1 is 1.47 bits per heavy atom. The molecule has 2 N–H and O–H groups in total. The van der Waals surface area contributed by atoms with Gasteiger partial charge in [0.2, 0.25) is 0 Å². The second kappa shape index (κ2) is 6.71.